The Hall–Kier alpha value is -2.22. The molecule has 0 aliphatic heterocycles. The highest BCUT2D eigenvalue weighted by atomic mass is 32.1. The minimum atomic E-state index is 0.386. The molecule has 20 heavy (non-hydrogen) atoms. The number of thiophene rings is 1. The number of rotatable bonds is 5. The highest BCUT2D eigenvalue weighted by Gasteiger charge is 2.14. The second kappa shape index (κ2) is 5.41. The van der Waals surface area contributed by atoms with Crippen LogP contribution in [0.25, 0.3) is 11.4 Å². The summed E-state index contributed by atoms with van der Waals surface area (Å²) in [6, 6.07) is 1.95. The monoisotopic (exact) mass is 290 g/mol. The summed E-state index contributed by atoms with van der Waals surface area (Å²) in [5.41, 5.74) is 7.66. The topological polar surface area (TPSA) is 95.7 Å². The fourth-order valence-corrected chi connectivity index (χ4v) is 2.56. The van der Waals surface area contributed by atoms with Gasteiger partial charge in [-0.2, -0.15) is 16.3 Å². The predicted molar refractivity (Wildman–Crippen MR) is 75.1 cm³/mol. The average molecular weight is 290 g/mol. The molecule has 0 saturated carbocycles. The largest absolute Gasteiger partial charge is 0.381 e. The van der Waals surface area contributed by atoms with Gasteiger partial charge in [0.15, 0.2) is 5.82 Å². The fourth-order valence-electron chi connectivity index (χ4n) is 1.92. The molecule has 3 rings (SSSR count). The van der Waals surface area contributed by atoms with E-state index < -0.39 is 0 Å². The molecule has 2 N–H and O–H groups in total. The van der Waals surface area contributed by atoms with Crippen molar-refractivity contribution in [2.24, 2.45) is 0 Å². The minimum absolute atomic E-state index is 0.386. The summed E-state index contributed by atoms with van der Waals surface area (Å²) in [7, 11) is 0. The first-order valence-electron chi connectivity index (χ1n) is 6.31. The van der Waals surface area contributed by atoms with E-state index in [0.29, 0.717) is 24.1 Å². The van der Waals surface area contributed by atoms with Gasteiger partial charge in [0.2, 0.25) is 11.7 Å². The average Bonchev–Trinajstić information content (AvgIpc) is 3.15. The third kappa shape index (κ3) is 2.42. The normalized spacial score (nSPS) is 11.1. The number of nitrogens with zero attached hydrogens (tertiary/aromatic N) is 5. The SMILES string of the molecule is CCCc1c(N)nnn1Cc1nc(-c2ccsc2)no1. The van der Waals surface area contributed by atoms with Gasteiger partial charge < -0.3 is 10.3 Å². The highest BCUT2D eigenvalue weighted by Crippen LogP contribution is 2.19. The third-order valence-electron chi connectivity index (χ3n) is 2.89. The highest BCUT2D eigenvalue weighted by molar-refractivity contribution is 7.08. The molecule has 0 aromatic carbocycles. The maximum absolute atomic E-state index is 5.80. The quantitative estimate of drug-likeness (QED) is 0.771. The van der Waals surface area contributed by atoms with Crippen LogP contribution in [0.3, 0.4) is 0 Å². The van der Waals surface area contributed by atoms with E-state index in [0.717, 1.165) is 24.1 Å². The van der Waals surface area contributed by atoms with Crippen molar-refractivity contribution in [2.75, 3.05) is 5.73 Å². The maximum atomic E-state index is 5.80. The van der Waals surface area contributed by atoms with Crippen molar-refractivity contribution < 1.29 is 4.52 Å². The Morgan fingerprint density at radius 3 is 3.10 bits per heavy atom. The van der Waals surface area contributed by atoms with Crippen LogP contribution in [0.1, 0.15) is 24.9 Å². The molecule has 0 fully saturated rings. The Bertz CT molecular complexity index is 687. The van der Waals surface area contributed by atoms with Crippen LogP contribution in [0.5, 0.6) is 0 Å². The number of aromatic nitrogens is 5. The van der Waals surface area contributed by atoms with Gasteiger partial charge in [0, 0.05) is 10.9 Å². The van der Waals surface area contributed by atoms with Gasteiger partial charge in [0.1, 0.15) is 6.54 Å². The number of anilines is 1. The minimum Gasteiger partial charge on any atom is -0.381 e. The zero-order valence-corrected chi connectivity index (χ0v) is 11.8. The molecule has 104 valence electrons. The third-order valence-corrected chi connectivity index (χ3v) is 3.57. The molecule has 7 nitrogen and oxygen atoms in total. The first-order chi connectivity index (χ1) is 9.78. The van der Waals surface area contributed by atoms with Gasteiger partial charge in [-0.05, 0) is 17.9 Å². The molecular formula is C12H14N6OS. The number of nitrogen functional groups attached to an aromatic ring is 1. The summed E-state index contributed by atoms with van der Waals surface area (Å²) >= 11 is 1.59. The van der Waals surface area contributed by atoms with Crippen molar-refractivity contribution in [3.05, 3.63) is 28.4 Å². The molecule has 3 aromatic rings. The molecule has 3 aromatic heterocycles. The molecule has 0 spiro atoms. The van der Waals surface area contributed by atoms with Gasteiger partial charge in [-0.15, -0.1) is 5.10 Å². The van der Waals surface area contributed by atoms with Gasteiger partial charge in [-0.1, -0.05) is 23.7 Å². The lowest BCUT2D eigenvalue weighted by atomic mass is 10.2. The Kier molecular flexibility index (Phi) is 3.46. The lowest BCUT2D eigenvalue weighted by molar-refractivity contribution is 0.362. The first kappa shape index (κ1) is 12.8. The predicted octanol–water partition coefficient (Wildman–Crippen LogP) is 1.97. The number of nitrogens with two attached hydrogens (primary N) is 1. The Balaban J connectivity index is 1.82. The van der Waals surface area contributed by atoms with Gasteiger partial charge in [-0.25, -0.2) is 4.68 Å². The van der Waals surface area contributed by atoms with E-state index in [9.17, 15) is 0 Å². The molecule has 0 aliphatic carbocycles. The van der Waals surface area contributed by atoms with E-state index in [1.165, 1.54) is 0 Å². The lowest BCUT2D eigenvalue weighted by Crippen LogP contribution is -2.07. The molecule has 8 heteroatoms. The summed E-state index contributed by atoms with van der Waals surface area (Å²) < 4.78 is 6.96. The van der Waals surface area contributed by atoms with E-state index in [-0.39, 0.29) is 0 Å². The Labute approximate surface area is 119 Å². The van der Waals surface area contributed by atoms with E-state index in [1.54, 1.807) is 16.0 Å². The van der Waals surface area contributed by atoms with E-state index in [1.807, 2.05) is 16.8 Å². The second-order valence-corrected chi connectivity index (χ2v) is 5.13. The van der Waals surface area contributed by atoms with Gasteiger partial charge in [0.05, 0.1) is 5.69 Å². The first-order valence-corrected chi connectivity index (χ1v) is 7.25. The zero-order valence-electron chi connectivity index (χ0n) is 11.0. The number of hydrogen-bond acceptors (Lipinski definition) is 7. The Morgan fingerprint density at radius 2 is 2.35 bits per heavy atom. The van der Waals surface area contributed by atoms with Crippen LogP contribution in [-0.2, 0) is 13.0 Å². The standard InChI is InChI=1S/C12H14N6OS/c1-2-3-9-11(13)15-17-18(9)6-10-14-12(16-19-10)8-4-5-20-7-8/h4-5,7H,2-3,6,13H2,1H3. The molecule has 0 saturated heterocycles. The molecule has 0 unspecified atom stereocenters. The second-order valence-electron chi connectivity index (χ2n) is 4.35. The number of hydrogen-bond donors (Lipinski definition) is 1. The fraction of sp³-hybridized carbons (Fsp3) is 0.333. The summed E-state index contributed by atoms with van der Waals surface area (Å²) in [6.45, 7) is 2.47. The van der Waals surface area contributed by atoms with Crippen LogP contribution >= 0.6 is 11.3 Å². The Morgan fingerprint density at radius 1 is 1.45 bits per heavy atom. The van der Waals surface area contributed by atoms with E-state index in [2.05, 4.69) is 27.4 Å². The van der Waals surface area contributed by atoms with Gasteiger partial charge in [-0.3, -0.25) is 0 Å². The summed E-state index contributed by atoms with van der Waals surface area (Å²) in [4.78, 5) is 4.36. The molecule has 0 amide bonds. The maximum Gasteiger partial charge on any atom is 0.248 e. The van der Waals surface area contributed by atoms with Crippen LogP contribution in [-0.4, -0.2) is 25.1 Å². The van der Waals surface area contributed by atoms with Crippen LogP contribution in [0.4, 0.5) is 5.82 Å². The lowest BCUT2D eigenvalue weighted by Gasteiger charge is -2.02. The van der Waals surface area contributed by atoms with Crippen LogP contribution in [0, 0.1) is 0 Å². The summed E-state index contributed by atoms with van der Waals surface area (Å²) in [5.74, 6) is 1.55. The summed E-state index contributed by atoms with van der Waals surface area (Å²) in [6.07, 6.45) is 1.80. The van der Waals surface area contributed by atoms with Crippen molar-refractivity contribution >= 4 is 17.2 Å². The molecular weight excluding hydrogens is 276 g/mol. The van der Waals surface area contributed by atoms with Crippen molar-refractivity contribution in [1.82, 2.24) is 25.1 Å². The van der Waals surface area contributed by atoms with Crippen molar-refractivity contribution in [2.45, 2.75) is 26.3 Å². The van der Waals surface area contributed by atoms with Crippen LogP contribution in [0.15, 0.2) is 21.3 Å². The van der Waals surface area contributed by atoms with Crippen molar-refractivity contribution in [3.63, 3.8) is 0 Å². The zero-order chi connectivity index (χ0) is 13.9. The molecule has 3 heterocycles. The van der Waals surface area contributed by atoms with Crippen LogP contribution < -0.4 is 5.73 Å². The molecule has 0 atom stereocenters. The molecule has 0 radical (unpaired) electrons. The molecule has 0 aliphatic rings. The van der Waals surface area contributed by atoms with Gasteiger partial charge >= 0.3 is 0 Å². The van der Waals surface area contributed by atoms with Crippen molar-refractivity contribution in [1.29, 1.82) is 0 Å². The smallest absolute Gasteiger partial charge is 0.248 e. The molecule has 0 bridgehead atoms. The van der Waals surface area contributed by atoms with E-state index >= 15 is 0 Å². The van der Waals surface area contributed by atoms with Crippen molar-refractivity contribution in [3.8, 4) is 11.4 Å². The van der Waals surface area contributed by atoms with Crippen LogP contribution in [0.2, 0.25) is 0 Å². The van der Waals surface area contributed by atoms with E-state index in [4.69, 9.17) is 10.3 Å². The van der Waals surface area contributed by atoms with Gasteiger partial charge in [0.25, 0.3) is 0 Å². The summed E-state index contributed by atoms with van der Waals surface area (Å²) in [5, 5.41) is 15.8.